The summed E-state index contributed by atoms with van der Waals surface area (Å²) in [7, 11) is -3.23. The molecule has 0 aliphatic carbocycles. The predicted molar refractivity (Wildman–Crippen MR) is 98.8 cm³/mol. The Morgan fingerprint density at radius 2 is 1.76 bits per heavy atom. The van der Waals surface area contributed by atoms with E-state index in [2.05, 4.69) is 15.9 Å². The lowest BCUT2D eigenvalue weighted by Crippen LogP contribution is -2.51. The van der Waals surface area contributed by atoms with E-state index in [1.165, 1.54) is 21.0 Å². The summed E-state index contributed by atoms with van der Waals surface area (Å²) in [5, 5.41) is 0. The van der Waals surface area contributed by atoms with Gasteiger partial charge in [-0.05, 0) is 24.3 Å². The number of hydrogen-bond acceptors (Lipinski definition) is 6. The molecule has 1 aliphatic rings. The van der Waals surface area contributed by atoms with Gasteiger partial charge in [-0.1, -0.05) is 15.9 Å². The zero-order valence-corrected chi connectivity index (χ0v) is 16.9. The van der Waals surface area contributed by atoms with Gasteiger partial charge in [0.25, 0.3) is 5.91 Å². The molecule has 1 aliphatic heterocycles. The third-order valence-corrected chi connectivity index (χ3v) is 6.40. The first-order valence-electron chi connectivity index (χ1n) is 7.52. The minimum Gasteiger partial charge on any atom is -0.455 e. The molecule has 0 bridgehead atoms. The van der Waals surface area contributed by atoms with Gasteiger partial charge in [0.15, 0.2) is 6.61 Å². The molecular formula is C15H19BrN2O5S2. The first-order chi connectivity index (χ1) is 11.8. The van der Waals surface area contributed by atoms with E-state index in [1.807, 2.05) is 24.3 Å². The molecule has 138 valence electrons. The molecule has 1 amide bonds. The molecule has 1 aromatic carbocycles. The average molecular weight is 451 g/mol. The van der Waals surface area contributed by atoms with Crippen molar-refractivity contribution in [2.45, 2.75) is 4.90 Å². The fourth-order valence-corrected chi connectivity index (χ4v) is 4.00. The van der Waals surface area contributed by atoms with Crippen LogP contribution in [-0.4, -0.2) is 74.3 Å². The summed E-state index contributed by atoms with van der Waals surface area (Å²) in [4.78, 5) is 26.2. The van der Waals surface area contributed by atoms with Crippen LogP contribution < -0.4 is 0 Å². The quantitative estimate of drug-likeness (QED) is 0.477. The maximum Gasteiger partial charge on any atom is 0.316 e. The zero-order valence-electron chi connectivity index (χ0n) is 13.7. The number of carbonyl (C=O) groups is 2. The lowest BCUT2D eigenvalue weighted by Gasteiger charge is -2.33. The predicted octanol–water partition coefficient (Wildman–Crippen LogP) is 1.19. The number of rotatable bonds is 6. The standard InChI is InChI=1S/C15H19BrN2O5S2/c1-25(21,22)18-8-6-17(7-9-18)14(19)10-23-15(20)11-24-13-4-2-12(16)3-5-13/h2-5H,6-11H2,1H3. The Balaban J connectivity index is 1.69. The largest absolute Gasteiger partial charge is 0.455 e. The first-order valence-corrected chi connectivity index (χ1v) is 11.2. The van der Waals surface area contributed by atoms with Gasteiger partial charge in [0, 0.05) is 35.5 Å². The Bertz CT molecular complexity index is 716. The second kappa shape index (κ2) is 9.02. The molecule has 0 radical (unpaired) electrons. The van der Waals surface area contributed by atoms with Crippen LogP contribution in [0.1, 0.15) is 0 Å². The summed E-state index contributed by atoms with van der Waals surface area (Å²) in [5.41, 5.74) is 0. The van der Waals surface area contributed by atoms with Crippen LogP contribution in [-0.2, 0) is 24.3 Å². The van der Waals surface area contributed by atoms with Crippen molar-refractivity contribution in [3.63, 3.8) is 0 Å². The summed E-state index contributed by atoms with van der Waals surface area (Å²) in [6.07, 6.45) is 1.15. The highest BCUT2D eigenvalue weighted by Crippen LogP contribution is 2.20. The van der Waals surface area contributed by atoms with Crippen molar-refractivity contribution in [1.82, 2.24) is 9.21 Å². The van der Waals surface area contributed by atoms with E-state index in [-0.39, 0.29) is 31.4 Å². The van der Waals surface area contributed by atoms with Crippen LogP contribution in [0.3, 0.4) is 0 Å². The highest BCUT2D eigenvalue weighted by Gasteiger charge is 2.26. The summed E-state index contributed by atoms with van der Waals surface area (Å²) in [6, 6.07) is 7.53. The first kappa shape index (κ1) is 20.2. The zero-order chi connectivity index (χ0) is 18.4. The van der Waals surface area contributed by atoms with Gasteiger partial charge >= 0.3 is 5.97 Å². The van der Waals surface area contributed by atoms with E-state index >= 15 is 0 Å². The topological polar surface area (TPSA) is 84.0 Å². The maximum absolute atomic E-state index is 12.0. The lowest BCUT2D eigenvalue weighted by molar-refractivity contribution is -0.150. The minimum absolute atomic E-state index is 0.122. The van der Waals surface area contributed by atoms with Crippen LogP contribution >= 0.6 is 27.7 Å². The minimum atomic E-state index is -3.23. The highest BCUT2D eigenvalue weighted by atomic mass is 79.9. The number of ether oxygens (including phenoxy) is 1. The van der Waals surface area contributed by atoms with E-state index in [0.717, 1.165) is 15.6 Å². The summed E-state index contributed by atoms with van der Waals surface area (Å²) in [5.74, 6) is -0.650. The van der Waals surface area contributed by atoms with Crippen LogP contribution in [0.15, 0.2) is 33.6 Å². The van der Waals surface area contributed by atoms with Crippen LogP contribution in [0.5, 0.6) is 0 Å². The molecule has 0 saturated carbocycles. The van der Waals surface area contributed by atoms with Crippen LogP contribution in [0.25, 0.3) is 0 Å². The number of nitrogens with zero attached hydrogens (tertiary/aromatic N) is 2. The molecule has 1 aromatic rings. The van der Waals surface area contributed by atoms with Crippen molar-refractivity contribution in [1.29, 1.82) is 0 Å². The lowest BCUT2D eigenvalue weighted by atomic mass is 10.3. The van der Waals surface area contributed by atoms with Crippen molar-refractivity contribution in [2.75, 3.05) is 44.8 Å². The van der Waals surface area contributed by atoms with Gasteiger partial charge in [0.1, 0.15) is 0 Å². The molecule has 10 heteroatoms. The van der Waals surface area contributed by atoms with E-state index in [4.69, 9.17) is 4.74 Å². The van der Waals surface area contributed by atoms with Crippen LogP contribution in [0.4, 0.5) is 0 Å². The number of hydrogen-bond donors (Lipinski definition) is 0. The van der Waals surface area contributed by atoms with E-state index in [1.54, 1.807) is 0 Å². The van der Waals surface area contributed by atoms with Gasteiger partial charge in [-0.15, -0.1) is 11.8 Å². The van der Waals surface area contributed by atoms with Crippen molar-refractivity contribution in [3.05, 3.63) is 28.7 Å². The molecule has 0 N–H and O–H groups in total. The molecule has 25 heavy (non-hydrogen) atoms. The third-order valence-electron chi connectivity index (χ3n) is 3.59. The number of benzene rings is 1. The molecule has 0 atom stereocenters. The Morgan fingerprint density at radius 3 is 2.32 bits per heavy atom. The number of amides is 1. The normalized spacial score (nSPS) is 15.8. The molecule has 1 heterocycles. The van der Waals surface area contributed by atoms with Gasteiger partial charge in [-0.3, -0.25) is 9.59 Å². The molecule has 0 unspecified atom stereocenters. The number of piperazine rings is 1. The Hall–Kier alpha value is -1.10. The smallest absolute Gasteiger partial charge is 0.316 e. The average Bonchev–Trinajstić information content (AvgIpc) is 2.58. The fourth-order valence-electron chi connectivity index (χ4n) is 2.22. The molecule has 0 spiro atoms. The fraction of sp³-hybridized carbons (Fsp3) is 0.467. The third kappa shape index (κ3) is 6.61. The van der Waals surface area contributed by atoms with Crippen molar-refractivity contribution < 1.29 is 22.7 Å². The van der Waals surface area contributed by atoms with Crippen LogP contribution in [0, 0.1) is 0 Å². The second-order valence-corrected chi connectivity index (χ2v) is 9.39. The molecule has 2 rings (SSSR count). The molecular weight excluding hydrogens is 432 g/mol. The Kier molecular flexibility index (Phi) is 7.29. The summed E-state index contributed by atoms with van der Waals surface area (Å²) >= 11 is 4.67. The van der Waals surface area contributed by atoms with E-state index < -0.39 is 16.0 Å². The number of thioether (sulfide) groups is 1. The van der Waals surface area contributed by atoms with Crippen molar-refractivity contribution in [3.8, 4) is 0 Å². The van der Waals surface area contributed by atoms with Gasteiger partial charge < -0.3 is 9.64 Å². The van der Waals surface area contributed by atoms with E-state index in [9.17, 15) is 18.0 Å². The summed E-state index contributed by atoms with van der Waals surface area (Å²) in [6.45, 7) is 0.808. The van der Waals surface area contributed by atoms with Gasteiger partial charge in [-0.25, -0.2) is 8.42 Å². The number of sulfonamides is 1. The van der Waals surface area contributed by atoms with Crippen molar-refractivity contribution >= 4 is 49.6 Å². The summed E-state index contributed by atoms with van der Waals surface area (Å²) < 4.78 is 30.2. The van der Waals surface area contributed by atoms with Gasteiger partial charge in [0.2, 0.25) is 10.0 Å². The molecule has 7 nitrogen and oxygen atoms in total. The molecule has 0 aromatic heterocycles. The number of carbonyl (C=O) groups excluding carboxylic acids is 2. The number of esters is 1. The highest BCUT2D eigenvalue weighted by molar-refractivity contribution is 9.10. The maximum atomic E-state index is 12.0. The second-order valence-electron chi connectivity index (χ2n) is 5.45. The Labute approximate surface area is 159 Å². The molecule has 1 saturated heterocycles. The SMILES string of the molecule is CS(=O)(=O)N1CCN(C(=O)COC(=O)CSc2ccc(Br)cc2)CC1. The Morgan fingerprint density at radius 1 is 1.16 bits per heavy atom. The van der Waals surface area contributed by atoms with E-state index in [0.29, 0.717) is 13.1 Å². The van der Waals surface area contributed by atoms with Gasteiger partial charge in [0.05, 0.1) is 12.0 Å². The number of halogens is 1. The monoisotopic (exact) mass is 450 g/mol. The van der Waals surface area contributed by atoms with Crippen molar-refractivity contribution in [2.24, 2.45) is 0 Å². The van der Waals surface area contributed by atoms with Crippen LogP contribution in [0.2, 0.25) is 0 Å². The molecule has 1 fully saturated rings. The van der Waals surface area contributed by atoms with Gasteiger partial charge in [-0.2, -0.15) is 4.31 Å².